The molecule has 118 valence electrons. The summed E-state index contributed by atoms with van der Waals surface area (Å²) < 4.78 is 7.00. The molecule has 0 aliphatic carbocycles. The van der Waals surface area contributed by atoms with E-state index in [4.69, 9.17) is 4.42 Å². The van der Waals surface area contributed by atoms with Crippen molar-refractivity contribution in [1.82, 2.24) is 20.0 Å². The number of amides is 1. The van der Waals surface area contributed by atoms with Crippen molar-refractivity contribution in [2.24, 2.45) is 7.05 Å². The first kappa shape index (κ1) is 15.3. The molecule has 0 saturated heterocycles. The van der Waals surface area contributed by atoms with Crippen LogP contribution in [0.4, 0.5) is 6.01 Å². The molecule has 3 aromatic rings. The van der Waals surface area contributed by atoms with E-state index in [0.29, 0.717) is 18.0 Å². The Labute approximate surface area is 137 Å². The molecule has 2 aromatic heterocycles. The van der Waals surface area contributed by atoms with Gasteiger partial charge in [0.25, 0.3) is 5.91 Å². The zero-order chi connectivity index (χ0) is 16.2. The van der Waals surface area contributed by atoms with Crippen molar-refractivity contribution in [2.45, 2.75) is 11.3 Å². The number of nitrogens with zero attached hydrogens (tertiary/aromatic N) is 4. The second-order valence-electron chi connectivity index (χ2n) is 4.85. The van der Waals surface area contributed by atoms with Crippen molar-refractivity contribution in [2.75, 3.05) is 11.6 Å². The monoisotopic (exact) mass is 329 g/mol. The number of thioether (sulfide) groups is 1. The summed E-state index contributed by atoms with van der Waals surface area (Å²) in [7, 11) is 1.74. The SMILES string of the molecule is CSc1ccc(Cc2nnc(NC(=O)c3ccn(C)n3)o2)cc1. The van der Waals surface area contributed by atoms with E-state index in [0.717, 1.165) is 5.56 Å². The summed E-state index contributed by atoms with van der Waals surface area (Å²) in [4.78, 5) is 13.1. The van der Waals surface area contributed by atoms with Gasteiger partial charge in [-0.3, -0.25) is 14.8 Å². The van der Waals surface area contributed by atoms with Gasteiger partial charge >= 0.3 is 6.01 Å². The standard InChI is InChI=1S/C15H15N5O2S/c1-20-8-7-12(19-20)14(21)16-15-18-17-13(22-15)9-10-3-5-11(23-2)6-4-10/h3-8H,9H2,1-2H3,(H,16,18,21). The number of carbonyl (C=O) groups excluding carboxylic acids is 1. The van der Waals surface area contributed by atoms with Crippen molar-refractivity contribution in [3.63, 3.8) is 0 Å². The molecule has 3 rings (SSSR count). The molecule has 0 saturated carbocycles. The van der Waals surface area contributed by atoms with Crippen LogP contribution in [-0.2, 0) is 13.5 Å². The number of aryl methyl sites for hydroxylation is 1. The highest BCUT2D eigenvalue weighted by Gasteiger charge is 2.13. The molecule has 2 heterocycles. The van der Waals surface area contributed by atoms with Gasteiger partial charge in [0.2, 0.25) is 5.89 Å². The minimum atomic E-state index is -0.384. The van der Waals surface area contributed by atoms with Crippen molar-refractivity contribution in [1.29, 1.82) is 0 Å². The Morgan fingerprint density at radius 1 is 1.26 bits per heavy atom. The molecule has 0 spiro atoms. The maximum absolute atomic E-state index is 11.9. The minimum absolute atomic E-state index is 0.0661. The van der Waals surface area contributed by atoms with Crippen LogP contribution in [0, 0.1) is 0 Å². The van der Waals surface area contributed by atoms with E-state index < -0.39 is 0 Å². The maximum Gasteiger partial charge on any atom is 0.322 e. The lowest BCUT2D eigenvalue weighted by molar-refractivity contribution is 0.101. The average Bonchev–Trinajstić information content (AvgIpc) is 3.17. The number of hydrogen-bond acceptors (Lipinski definition) is 6. The van der Waals surface area contributed by atoms with Gasteiger partial charge in [-0.05, 0) is 30.0 Å². The molecule has 1 amide bonds. The van der Waals surface area contributed by atoms with E-state index in [1.54, 1.807) is 35.8 Å². The number of aromatic nitrogens is 4. The number of carbonyl (C=O) groups is 1. The first-order valence-electron chi connectivity index (χ1n) is 6.90. The van der Waals surface area contributed by atoms with E-state index in [2.05, 4.69) is 20.6 Å². The van der Waals surface area contributed by atoms with Crippen LogP contribution in [0.2, 0.25) is 0 Å². The largest absolute Gasteiger partial charge is 0.407 e. The topological polar surface area (TPSA) is 85.8 Å². The second kappa shape index (κ2) is 6.66. The summed E-state index contributed by atoms with van der Waals surface area (Å²) in [6.07, 6.45) is 4.23. The fourth-order valence-corrected chi connectivity index (χ4v) is 2.40. The Balaban J connectivity index is 1.64. The lowest BCUT2D eigenvalue weighted by Crippen LogP contribution is -2.13. The van der Waals surface area contributed by atoms with Gasteiger partial charge in [-0.2, -0.15) is 5.10 Å². The van der Waals surface area contributed by atoms with Gasteiger partial charge < -0.3 is 4.42 Å². The number of nitrogens with one attached hydrogen (secondary N) is 1. The van der Waals surface area contributed by atoms with Gasteiger partial charge in [0, 0.05) is 18.1 Å². The van der Waals surface area contributed by atoms with Crippen molar-refractivity contribution < 1.29 is 9.21 Å². The third-order valence-corrected chi connectivity index (χ3v) is 3.89. The number of benzene rings is 1. The van der Waals surface area contributed by atoms with Crippen LogP contribution in [-0.4, -0.2) is 32.1 Å². The number of rotatable bonds is 5. The van der Waals surface area contributed by atoms with Gasteiger partial charge in [-0.25, -0.2) is 0 Å². The number of hydrogen-bond donors (Lipinski definition) is 1. The molecule has 0 bridgehead atoms. The molecule has 0 fully saturated rings. The number of anilines is 1. The summed E-state index contributed by atoms with van der Waals surface area (Å²) in [5.41, 5.74) is 1.36. The molecule has 0 radical (unpaired) electrons. The third kappa shape index (κ3) is 3.78. The molecule has 8 heteroatoms. The highest BCUT2D eigenvalue weighted by molar-refractivity contribution is 7.98. The van der Waals surface area contributed by atoms with Crippen LogP contribution < -0.4 is 5.32 Å². The summed E-state index contributed by atoms with van der Waals surface area (Å²) in [6.45, 7) is 0. The zero-order valence-corrected chi connectivity index (χ0v) is 13.5. The normalized spacial score (nSPS) is 10.7. The fourth-order valence-electron chi connectivity index (χ4n) is 1.99. The van der Waals surface area contributed by atoms with E-state index in [1.807, 2.05) is 30.5 Å². The summed E-state index contributed by atoms with van der Waals surface area (Å²) in [6, 6.07) is 9.79. The van der Waals surface area contributed by atoms with Crippen LogP contribution in [0.1, 0.15) is 21.9 Å². The van der Waals surface area contributed by atoms with Gasteiger partial charge in [0.15, 0.2) is 5.69 Å². The molecule has 0 aliphatic rings. The second-order valence-corrected chi connectivity index (χ2v) is 5.73. The van der Waals surface area contributed by atoms with Crippen LogP contribution in [0.15, 0.2) is 45.8 Å². The Morgan fingerprint density at radius 2 is 2.04 bits per heavy atom. The molecular formula is C15H15N5O2S. The molecule has 7 nitrogen and oxygen atoms in total. The molecule has 1 N–H and O–H groups in total. The summed E-state index contributed by atoms with van der Waals surface area (Å²) in [5, 5.41) is 14.3. The molecule has 1 aromatic carbocycles. The van der Waals surface area contributed by atoms with Crippen LogP contribution in [0.25, 0.3) is 0 Å². The summed E-state index contributed by atoms with van der Waals surface area (Å²) >= 11 is 1.69. The van der Waals surface area contributed by atoms with Gasteiger partial charge in [0.1, 0.15) is 0 Å². The van der Waals surface area contributed by atoms with Crippen molar-refractivity contribution in [3.8, 4) is 0 Å². The molecule has 23 heavy (non-hydrogen) atoms. The maximum atomic E-state index is 11.9. The Hall–Kier alpha value is -2.61. The van der Waals surface area contributed by atoms with E-state index >= 15 is 0 Å². The van der Waals surface area contributed by atoms with Crippen LogP contribution in [0.3, 0.4) is 0 Å². The Morgan fingerprint density at radius 3 is 2.70 bits per heavy atom. The molecular weight excluding hydrogens is 314 g/mol. The first-order valence-corrected chi connectivity index (χ1v) is 8.13. The summed E-state index contributed by atoms with van der Waals surface area (Å²) in [5.74, 6) is 0.0587. The zero-order valence-electron chi connectivity index (χ0n) is 12.7. The predicted octanol–water partition coefficient (Wildman–Crippen LogP) is 2.37. The van der Waals surface area contributed by atoms with Gasteiger partial charge in [-0.1, -0.05) is 17.2 Å². The minimum Gasteiger partial charge on any atom is -0.407 e. The lowest BCUT2D eigenvalue weighted by atomic mass is 10.1. The highest BCUT2D eigenvalue weighted by atomic mass is 32.2. The third-order valence-electron chi connectivity index (χ3n) is 3.15. The van der Waals surface area contributed by atoms with E-state index in [-0.39, 0.29) is 11.9 Å². The quantitative estimate of drug-likeness (QED) is 0.723. The molecule has 0 unspecified atom stereocenters. The smallest absolute Gasteiger partial charge is 0.322 e. The highest BCUT2D eigenvalue weighted by Crippen LogP contribution is 2.17. The predicted molar refractivity (Wildman–Crippen MR) is 86.5 cm³/mol. The lowest BCUT2D eigenvalue weighted by Gasteiger charge is -1.99. The van der Waals surface area contributed by atoms with Crippen LogP contribution >= 0.6 is 11.8 Å². The Kier molecular flexibility index (Phi) is 4.42. The fraction of sp³-hybridized carbons (Fsp3) is 0.200. The molecule has 0 aliphatic heterocycles. The van der Waals surface area contributed by atoms with E-state index in [9.17, 15) is 4.79 Å². The van der Waals surface area contributed by atoms with Crippen molar-refractivity contribution >= 4 is 23.7 Å². The van der Waals surface area contributed by atoms with E-state index in [1.165, 1.54) is 4.90 Å². The average molecular weight is 329 g/mol. The van der Waals surface area contributed by atoms with Gasteiger partial charge in [-0.15, -0.1) is 16.9 Å². The van der Waals surface area contributed by atoms with Gasteiger partial charge in [0.05, 0.1) is 6.42 Å². The molecule has 0 atom stereocenters. The Bertz CT molecular complexity index is 809. The first-order chi connectivity index (χ1) is 11.1. The van der Waals surface area contributed by atoms with Crippen LogP contribution in [0.5, 0.6) is 0 Å². The van der Waals surface area contributed by atoms with Crippen molar-refractivity contribution in [3.05, 3.63) is 53.7 Å².